The van der Waals surface area contributed by atoms with Gasteiger partial charge < -0.3 is 5.11 Å². The Labute approximate surface area is 75.9 Å². The van der Waals surface area contributed by atoms with Crippen molar-refractivity contribution in [2.45, 2.75) is 26.2 Å². The minimum absolute atomic E-state index is 0.273. The SMILES string of the molecule is Cc1cscc1CCCC(=O)O. The van der Waals surface area contributed by atoms with Crippen LogP contribution < -0.4 is 0 Å². The third kappa shape index (κ3) is 2.66. The van der Waals surface area contributed by atoms with Crippen molar-refractivity contribution >= 4 is 17.3 Å². The van der Waals surface area contributed by atoms with Crippen LogP contribution in [0.5, 0.6) is 0 Å². The lowest BCUT2D eigenvalue weighted by molar-refractivity contribution is -0.137. The first-order chi connectivity index (χ1) is 5.70. The zero-order valence-corrected chi connectivity index (χ0v) is 7.86. The molecule has 0 radical (unpaired) electrons. The molecule has 1 heterocycles. The predicted molar refractivity (Wildman–Crippen MR) is 49.6 cm³/mol. The molecule has 0 fully saturated rings. The quantitative estimate of drug-likeness (QED) is 0.780. The summed E-state index contributed by atoms with van der Waals surface area (Å²) in [7, 11) is 0. The summed E-state index contributed by atoms with van der Waals surface area (Å²) >= 11 is 1.68. The van der Waals surface area contributed by atoms with Gasteiger partial charge in [-0.15, -0.1) is 0 Å². The largest absolute Gasteiger partial charge is 0.481 e. The number of hydrogen-bond donors (Lipinski definition) is 1. The van der Waals surface area contributed by atoms with Gasteiger partial charge in [-0.3, -0.25) is 4.79 Å². The van der Waals surface area contributed by atoms with Crippen LogP contribution in [0.15, 0.2) is 10.8 Å². The van der Waals surface area contributed by atoms with Crippen LogP contribution >= 0.6 is 11.3 Å². The average Bonchev–Trinajstić information content (AvgIpc) is 2.36. The van der Waals surface area contributed by atoms with Gasteiger partial charge >= 0.3 is 5.97 Å². The number of aryl methyl sites for hydroxylation is 2. The minimum Gasteiger partial charge on any atom is -0.481 e. The molecule has 0 aliphatic carbocycles. The first kappa shape index (κ1) is 9.26. The molecule has 0 saturated heterocycles. The lowest BCUT2D eigenvalue weighted by Crippen LogP contribution is -1.95. The van der Waals surface area contributed by atoms with E-state index in [1.807, 2.05) is 0 Å². The molecule has 1 aromatic heterocycles. The highest BCUT2D eigenvalue weighted by Crippen LogP contribution is 2.15. The van der Waals surface area contributed by atoms with E-state index in [-0.39, 0.29) is 6.42 Å². The molecule has 0 aliphatic rings. The summed E-state index contributed by atoms with van der Waals surface area (Å²) in [5, 5.41) is 12.6. The second-order valence-electron chi connectivity index (χ2n) is 2.83. The van der Waals surface area contributed by atoms with Crippen molar-refractivity contribution in [3.8, 4) is 0 Å². The number of thiophene rings is 1. The van der Waals surface area contributed by atoms with Crippen LogP contribution in [0, 0.1) is 6.92 Å². The molecule has 0 amide bonds. The van der Waals surface area contributed by atoms with Crippen LogP contribution in [0.4, 0.5) is 0 Å². The lowest BCUT2D eigenvalue weighted by atomic mass is 10.1. The van der Waals surface area contributed by atoms with E-state index in [0.29, 0.717) is 0 Å². The number of carboxylic acids is 1. The van der Waals surface area contributed by atoms with Gasteiger partial charge in [0.2, 0.25) is 0 Å². The van der Waals surface area contributed by atoms with E-state index in [0.717, 1.165) is 12.8 Å². The fourth-order valence-electron chi connectivity index (χ4n) is 1.07. The van der Waals surface area contributed by atoms with E-state index in [1.165, 1.54) is 11.1 Å². The topological polar surface area (TPSA) is 37.3 Å². The Bertz CT molecular complexity index is 265. The molecule has 1 aromatic rings. The minimum atomic E-state index is -0.706. The van der Waals surface area contributed by atoms with Crippen molar-refractivity contribution in [1.29, 1.82) is 0 Å². The van der Waals surface area contributed by atoms with Gasteiger partial charge in [-0.1, -0.05) is 0 Å². The first-order valence-electron chi connectivity index (χ1n) is 3.93. The second-order valence-corrected chi connectivity index (χ2v) is 3.57. The van der Waals surface area contributed by atoms with Gasteiger partial charge in [0.25, 0.3) is 0 Å². The summed E-state index contributed by atoms with van der Waals surface area (Å²) in [6.07, 6.45) is 1.91. The smallest absolute Gasteiger partial charge is 0.303 e. The van der Waals surface area contributed by atoms with Crippen LogP contribution in [-0.2, 0) is 11.2 Å². The number of carbonyl (C=O) groups is 1. The van der Waals surface area contributed by atoms with Crippen LogP contribution in [0.2, 0.25) is 0 Å². The summed E-state index contributed by atoms with van der Waals surface area (Å²) < 4.78 is 0. The Morgan fingerprint density at radius 1 is 1.58 bits per heavy atom. The monoisotopic (exact) mass is 184 g/mol. The van der Waals surface area contributed by atoms with E-state index in [1.54, 1.807) is 11.3 Å². The highest BCUT2D eigenvalue weighted by atomic mass is 32.1. The standard InChI is InChI=1S/C9H12O2S/c1-7-5-12-6-8(7)3-2-4-9(10)11/h5-6H,2-4H2,1H3,(H,10,11). The Morgan fingerprint density at radius 2 is 2.33 bits per heavy atom. The van der Waals surface area contributed by atoms with Gasteiger partial charge in [-0.05, 0) is 41.7 Å². The molecule has 66 valence electrons. The Kier molecular flexibility index (Phi) is 3.29. The number of hydrogen-bond acceptors (Lipinski definition) is 2. The molecule has 2 nitrogen and oxygen atoms in total. The molecular weight excluding hydrogens is 172 g/mol. The lowest BCUT2D eigenvalue weighted by Gasteiger charge is -1.96. The van der Waals surface area contributed by atoms with Gasteiger partial charge in [-0.2, -0.15) is 11.3 Å². The molecule has 0 bridgehead atoms. The first-order valence-corrected chi connectivity index (χ1v) is 4.88. The molecule has 12 heavy (non-hydrogen) atoms. The third-order valence-electron chi connectivity index (χ3n) is 1.80. The molecule has 0 spiro atoms. The summed E-state index contributed by atoms with van der Waals surface area (Å²) in [5.41, 5.74) is 2.58. The van der Waals surface area contributed by atoms with Gasteiger partial charge in [0.1, 0.15) is 0 Å². The highest BCUT2D eigenvalue weighted by molar-refractivity contribution is 7.08. The summed E-state index contributed by atoms with van der Waals surface area (Å²) in [5.74, 6) is -0.706. The Balaban J connectivity index is 2.33. The van der Waals surface area contributed by atoms with Crippen LogP contribution in [0.25, 0.3) is 0 Å². The molecule has 0 aromatic carbocycles. The van der Waals surface area contributed by atoms with Crippen molar-refractivity contribution in [2.75, 3.05) is 0 Å². The number of carboxylic acid groups (broad SMARTS) is 1. The molecular formula is C9H12O2S. The van der Waals surface area contributed by atoms with E-state index < -0.39 is 5.97 Å². The number of aliphatic carboxylic acids is 1. The molecule has 0 aliphatic heterocycles. The zero-order valence-electron chi connectivity index (χ0n) is 7.04. The average molecular weight is 184 g/mol. The third-order valence-corrected chi connectivity index (χ3v) is 2.71. The fourth-order valence-corrected chi connectivity index (χ4v) is 1.96. The summed E-state index contributed by atoms with van der Waals surface area (Å²) in [6.45, 7) is 2.06. The number of rotatable bonds is 4. The normalized spacial score (nSPS) is 10.1. The maximum absolute atomic E-state index is 10.2. The summed E-state index contributed by atoms with van der Waals surface area (Å²) in [4.78, 5) is 10.2. The Hall–Kier alpha value is -0.830. The van der Waals surface area contributed by atoms with E-state index in [2.05, 4.69) is 17.7 Å². The van der Waals surface area contributed by atoms with Crippen molar-refractivity contribution in [3.63, 3.8) is 0 Å². The maximum atomic E-state index is 10.2. The van der Waals surface area contributed by atoms with E-state index in [9.17, 15) is 4.79 Å². The predicted octanol–water partition coefficient (Wildman–Crippen LogP) is 2.46. The molecule has 3 heteroatoms. The van der Waals surface area contributed by atoms with Gasteiger partial charge in [0, 0.05) is 6.42 Å². The van der Waals surface area contributed by atoms with Gasteiger partial charge in [0.05, 0.1) is 0 Å². The maximum Gasteiger partial charge on any atom is 0.303 e. The molecule has 1 N–H and O–H groups in total. The van der Waals surface area contributed by atoms with Gasteiger partial charge in [0.15, 0.2) is 0 Å². The molecule has 0 saturated carbocycles. The second kappa shape index (κ2) is 4.26. The molecule has 0 unspecified atom stereocenters. The zero-order chi connectivity index (χ0) is 8.97. The van der Waals surface area contributed by atoms with Crippen LogP contribution in [-0.4, -0.2) is 11.1 Å². The van der Waals surface area contributed by atoms with Crippen molar-refractivity contribution in [1.82, 2.24) is 0 Å². The molecule has 0 atom stereocenters. The highest BCUT2D eigenvalue weighted by Gasteiger charge is 2.01. The fraction of sp³-hybridized carbons (Fsp3) is 0.444. The van der Waals surface area contributed by atoms with E-state index >= 15 is 0 Å². The van der Waals surface area contributed by atoms with Crippen molar-refractivity contribution in [2.24, 2.45) is 0 Å². The molecule has 1 rings (SSSR count). The summed E-state index contributed by atoms with van der Waals surface area (Å²) in [6, 6.07) is 0. The van der Waals surface area contributed by atoms with Gasteiger partial charge in [-0.25, -0.2) is 0 Å². The van der Waals surface area contributed by atoms with E-state index in [4.69, 9.17) is 5.11 Å². The van der Waals surface area contributed by atoms with Crippen LogP contribution in [0.1, 0.15) is 24.0 Å². The van der Waals surface area contributed by atoms with Crippen molar-refractivity contribution < 1.29 is 9.90 Å². The van der Waals surface area contributed by atoms with Crippen LogP contribution in [0.3, 0.4) is 0 Å². The Morgan fingerprint density at radius 3 is 2.83 bits per heavy atom. The van der Waals surface area contributed by atoms with Crippen molar-refractivity contribution in [3.05, 3.63) is 21.9 Å².